The fourth-order valence-corrected chi connectivity index (χ4v) is 4.13. The summed E-state index contributed by atoms with van der Waals surface area (Å²) in [6.45, 7) is 4.21. The highest BCUT2D eigenvalue weighted by Gasteiger charge is 2.29. The van der Waals surface area contributed by atoms with Crippen molar-refractivity contribution in [2.45, 2.75) is 26.7 Å². The summed E-state index contributed by atoms with van der Waals surface area (Å²) in [5, 5.41) is 3.79. The standard InChI is InChI=1S/C19H20ClN3O3S/c1-11-16(12(2)24)27-19(21-11)22-17(25)14-4-3-9-23(10-14)18(26)13-5-7-15(20)8-6-13/h5-8,14H,3-4,9-10H2,1-2H3,(H,21,22,25)/t14-/m1/s1. The number of nitrogens with zero attached hydrogens (tertiary/aromatic N) is 2. The molecule has 6 nitrogen and oxygen atoms in total. The van der Waals surface area contributed by atoms with Gasteiger partial charge in [-0.1, -0.05) is 22.9 Å². The lowest BCUT2D eigenvalue weighted by Crippen LogP contribution is -2.43. The molecule has 0 bridgehead atoms. The summed E-state index contributed by atoms with van der Waals surface area (Å²) < 4.78 is 0. The van der Waals surface area contributed by atoms with Crippen LogP contribution in [0, 0.1) is 12.8 Å². The topological polar surface area (TPSA) is 79.4 Å². The van der Waals surface area contributed by atoms with Gasteiger partial charge < -0.3 is 10.2 Å². The molecule has 1 atom stereocenters. The number of benzene rings is 1. The molecule has 142 valence electrons. The van der Waals surface area contributed by atoms with Crippen LogP contribution in [-0.4, -0.2) is 40.6 Å². The summed E-state index contributed by atoms with van der Waals surface area (Å²) in [5.74, 6) is -0.650. The van der Waals surface area contributed by atoms with Crippen LogP contribution in [0.25, 0.3) is 0 Å². The first-order valence-electron chi connectivity index (χ1n) is 8.69. The zero-order valence-electron chi connectivity index (χ0n) is 15.1. The van der Waals surface area contributed by atoms with E-state index in [4.69, 9.17) is 11.6 Å². The highest BCUT2D eigenvalue weighted by Crippen LogP contribution is 2.25. The molecular weight excluding hydrogens is 386 g/mol. The lowest BCUT2D eigenvalue weighted by molar-refractivity contribution is -0.121. The summed E-state index contributed by atoms with van der Waals surface area (Å²) in [6.07, 6.45) is 1.47. The van der Waals surface area contributed by atoms with Crippen molar-refractivity contribution in [1.82, 2.24) is 9.88 Å². The zero-order chi connectivity index (χ0) is 19.6. The maximum atomic E-state index is 12.7. The van der Waals surface area contributed by atoms with Crippen molar-refractivity contribution in [3.63, 3.8) is 0 Å². The Morgan fingerprint density at radius 3 is 2.59 bits per heavy atom. The van der Waals surface area contributed by atoms with E-state index in [1.165, 1.54) is 18.3 Å². The predicted octanol–water partition coefficient (Wildman–Crippen LogP) is 3.80. The summed E-state index contributed by atoms with van der Waals surface area (Å²) in [6, 6.07) is 6.74. The number of ketones is 1. The van der Waals surface area contributed by atoms with Gasteiger partial charge in [0, 0.05) is 30.6 Å². The Kier molecular flexibility index (Phi) is 5.92. The number of thiazole rings is 1. The Morgan fingerprint density at radius 2 is 1.96 bits per heavy atom. The number of Topliss-reactive ketones (excluding diaryl/α,β-unsaturated/α-hetero) is 1. The lowest BCUT2D eigenvalue weighted by atomic mass is 9.96. The first-order valence-corrected chi connectivity index (χ1v) is 9.88. The van der Waals surface area contributed by atoms with Gasteiger partial charge in [0.25, 0.3) is 5.91 Å². The first kappa shape index (κ1) is 19.5. The van der Waals surface area contributed by atoms with Crippen LogP contribution in [0.15, 0.2) is 24.3 Å². The van der Waals surface area contributed by atoms with Crippen LogP contribution < -0.4 is 5.32 Å². The Morgan fingerprint density at radius 1 is 1.26 bits per heavy atom. The SMILES string of the molecule is CC(=O)c1sc(NC(=O)[C@@H]2CCCN(C(=O)c3ccc(Cl)cc3)C2)nc1C. The number of nitrogens with one attached hydrogen (secondary N) is 1. The number of hydrogen-bond acceptors (Lipinski definition) is 5. The third-order valence-corrected chi connectivity index (χ3v) is 5.94. The van der Waals surface area contributed by atoms with Crippen molar-refractivity contribution in [3.8, 4) is 0 Å². The van der Waals surface area contributed by atoms with E-state index in [0.717, 1.165) is 6.42 Å². The minimum absolute atomic E-state index is 0.0668. The Balaban J connectivity index is 1.65. The lowest BCUT2D eigenvalue weighted by Gasteiger charge is -2.32. The molecule has 1 N–H and O–H groups in total. The molecule has 3 rings (SSSR count). The Bertz CT molecular complexity index is 879. The van der Waals surface area contributed by atoms with E-state index in [2.05, 4.69) is 10.3 Å². The number of piperidine rings is 1. The maximum Gasteiger partial charge on any atom is 0.253 e. The van der Waals surface area contributed by atoms with Crippen LogP contribution in [-0.2, 0) is 4.79 Å². The number of carbonyl (C=O) groups is 3. The van der Waals surface area contributed by atoms with E-state index in [9.17, 15) is 14.4 Å². The average molecular weight is 406 g/mol. The van der Waals surface area contributed by atoms with Gasteiger partial charge in [-0.25, -0.2) is 4.98 Å². The number of anilines is 1. The number of carbonyl (C=O) groups excluding carboxylic acids is 3. The molecular formula is C19H20ClN3O3S. The summed E-state index contributed by atoms with van der Waals surface area (Å²) >= 11 is 7.05. The highest BCUT2D eigenvalue weighted by molar-refractivity contribution is 7.17. The van der Waals surface area contributed by atoms with Gasteiger partial charge >= 0.3 is 0 Å². The largest absolute Gasteiger partial charge is 0.338 e. The average Bonchev–Trinajstić information content (AvgIpc) is 3.02. The fraction of sp³-hybridized carbons (Fsp3) is 0.368. The first-order chi connectivity index (χ1) is 12.8. The molecule has 1 fully saturated rings. The van der Waals surface area contributed by atoms with E-state index in [0.29, 0.717) is 45.8 Å². The van der Waals surface area contributed by atoms with Gasteiger partial charge in [0.2, 0.25) is 5.91 Å². The van der Waals surface area contributed by atoms with E-state index >= 15 is 0 Å². The van der Waals surface area contributed by atoms with Gasteiger partial charge in [-0.2, -0.15) is 0 Å². The quantitative estimate of drug-likeness (QED) is 0.784. The van der Waals surface area contributed by atoms with Crippen LogP contribution in [0.1, 0.15) is 45.5 Å². The Hall–Kier alpha value is -2.25. The molecule has 8 heteroatoms. The van der Waals surface area contributed by atoms with Gasteiger partial charge in [0.15, 0.2) is 10.9 Å². The van der Waals surface area contributed by atoms with Crippen molar-refractivity contribution in [3.05, 3.63) is 45.4 Å². The molecule has 0 saturated carbocycles. The Labute approximate surface area is 166 Å². The van der Waals surface area contributed by atoms with Crippen molar-refractivity contribution in [2.75, 3.05) is 18.4 Å². The molecule has 1 saturated heterocycles. The molecule has 0 spiro atoms. The monoisotopic (exact) mass is 405 g/mol. The molecule has 0 aliphatic carbocycles. The number of halogens is 1. The van der Waals surface area contributed by atoms with Crippen molar-refractivity contribution >= 4 is 45.7 Å². The van der Waals surface area contributed by atoms with Crippen molar-refractivity contribution in [1.29, 1.82) is 0 Å². The van der Waals surface area contributed by atoms with Crippen LogP contribution >= 0.6 is 22.9 Å². The van der Waals surface area contributed by atoms with E-state index < -0.39 is 0 Å². The van der Waals surface area contributed by atoms with Crippen molar-refractivity contribution < 1.29 is 14.4 Å². The summed E-state index contributed by atoms with van der Waals surface area (Å²) in [4.78, 5) is 43.3. The number of amides is 2. The fourth-order valence-electron chi connectivity index (χ4n) is 3.13. The van der Waals surface area contributed by atoms with Crippen LogP contribution in [0.5, 0.6) is 0 Å². The van der Waals surface area contributed by atoms with Crippen molar-refractivity contribution in [2.24, 2.45) is 5.92 Å². The predicted molar refractivity (Wildman–Crippen MR) is 106 cm³/mol. The number of aryl methyl sites for hydroxylation is 1. The number of likely N-dealkylation sites (tertiary alicyclic amines) is 1. The second kappa shape index (κ2) is 8.19. The third-order valence-electron chi connectivity index (χ3n) is 4.52. The van der Waals surface area contributed by atoms with Gasteiger partial charge in [-0.3, -0.25) is 14.4 Å². The molecule has 2 amide bonds. The smallest absolute Gasteiger partial charge is 0.253 e. The van der Waals surface area contributed by atoms with E-state index in [-0.39, 0.29) is 23.5 Å². The molecule has 0 radical (unpaired) electrons. The third kappa shape index (κ3) is 4.54. The minimum atomic E-state index is -0.306. The second-order valence-electron chi connectivity index (χ2n) is 6.58. The zero-order valence-corrected chi connectivity index (χ0v) is 16.7. The van der Waals surface area contributed by atoms with Gasteiger partial charge in [-0.15, -0.1) is 0 Å². The molecule has 1 aromatic carbocycles. The van der Waals surface area contributed by atoms with E-state index in [1.54, 1.807) is 36.1 Å². The summed E-state index contributed by atoms with van der Waals surface area (Å²) in [7, 11) is 0. The molecule has 0 unspecified atom stereocenters. The van der Waals surface area contributed by atoms with Gasteiger partial charge in [0.05, 0.1) is 16.5 Å². The summed E-state index contributed by atoms with van der Waals surface area (Å²) in [5.41, 5.74) is 1.17. The molecule has 1 aromatic heterocycles. The normalized spacial score (nSPS) is 16.9. The number of hydrogen-bond donors (Lipinski definition) is 1. The number of aromatic nitrogens is 1. The van der Waals surface area contributed by atoms with Crippen LogP contribution in [0.4, 0.5) is 5.13 Å². The second-order valence-corrected chi connectivity index (χ2v) is 8.01. The highest BCUT2D eigenvalue weighted by atomic mass is 35.5. The van der Waals surface area contributed by atoms with Gasteiger partial charge in [-0.05, 0) is 44.0 Å². The van der Waals surface area contributed by atoms with E-state index in [1.807, 2.05) is 0 Å². The molecule has 2 heterocycles. The molecule has 1 aliphatic rings. The van der Waals surface area contributed by atoms with Crippen LogP contribution in [0.3, 0.4) is 0 Å². The van der Waals surface area contributed by atoms with Gasteiger partial charge in [0.1, 0.15) is 0 Å². The molecule has 1 aliphatic heterocycles. The minimum Gasteiger partial charge on any atom is -0.338 e. The number of rotatable bonds is 4. The molecule has 27 heavy (non-hydrogen) atoms. The van der Waals surface area contributed by atoms with Crippen LogP contribution in [0.2, 0.25) is 5.02 Å². The molecule has 2 aromatic rings. The maximum absolute atomic E-state index is 12.7.